The normalized spacial score (nSPS) is 10.0. The average Bonchev–Trinajstić information content (AvgIpc) is 2.92. The van der Waals surface area contributed by atoms with Gasteiger partial charge in [0.2, 0.25) is 0 Å². The number of hydrogen-bond donors (Lipinski definition) is 2. The Kier molecular flexibility index (Phi) is 4.90. The van der Waals surface area contributed by atoms with Gasteiger partial charge in [-0.15, -0.1) is 11.3 Å². The van der Waals surface area contributed by atoms with Crippen molar-refractivity contribution in [3.05, 3.63) is 52.9 Å². The van der Waals surface area contributed by atoms with Gasteiger partial charge in [0.25, 0.3) is 5.91 Å². The molecule has 0 aliphatic carbocycles. The van der Waals surface area contributed by atoms with Gasteiger partial charge >= 0.3 is 12.0 Å². The summed E-state index contributed by atoms with van der Waals surface area (Å²) in [5.74, 6) is -1.42. The van der Waals surface area contributed by atoms with E-state index in [2.05, 4.69) is 5.32 Å². The van der Waals surface area contributed by atoms with E-state index < -0.39 is 17.9 Å². The van der Waals surface area contributed by atoms with Crippen LogP contribution in [-0.4, -0.2) is 35.0 Å². The number of amides is 3. The maximum atomic E-state index is 12.2. The summed E-state index contributed by atoms with van der Waals surface area (Å²) < 4.78 is 0. The Labute approximate surface area is 131 Å². The van der Waals surface area contributed by atoms with Gasteiger partial charge in [0.1, 0.15) is 5.00 Å². The van der Waals surface area contributed by atoms with Gasteiger partial charge in [0, 0.05) is 12.6 Å². The van der Waals surface area contributed by atoms with Crippen LogP contribution in [0.2, 0.25) is 0 Å². The molecule has 1 aromatic carbocycles. The summed E-state index contributed by atoms with van der Waals surface area (Å²) in [6.45, 7) is 0. The maximum Gasteiger partial charge on any atom is 0.329 e. The first-order valence-electron chi connectivity index (χ1n) is 6.41. The topological polar surface area (TPSA) is 86.7 Å². The van der Waals surface area contributed by atoms with Crippen molar-refractivity contribution in [2.24, 2.45) is 0 Å². The van der Waals surface area contributed by atoms with Gasteiger partial charge in [-0.25, -0.2) is 4.79 Å². The van der Waals surface area contributed by atoms with Crippen molar-refractivity contribution in [3.63, 3.8) is 0 Å². The first kappa shape index (κ1) is 15.7. The highest BCUT2D eigenvalue weighted by Crippen LogP contribution is 2.24. The Bertz CT molecular complexity index is 697. The molecule has 0 bridgehead atoms. The Morgan fingerprint density at radius 2 is 1.86 bits per heavy atom. The zero-order valence-corrected chi connectivity index (χ0v) is 12.6. The number of thiophene rings is 1. The van der Waals surface area contributed by atoms with Gasteiger partial charge in [-0.3, -0.25) is 19.8 Å². The van der Waals surface area contributed by atoms with Gasteiger partial charge in [0.15, 0.2) is 0 Å². The second-order valence-electron chi connectivity index (χ2n) is 4.51. The van der Waals surface area contributed by atoms with Crippen LogP contribution in [0.15, 0.2) is 41.8 Å². The highest BCUT2D eigenvalue weighted by molar-refractivity contribution is 7.14. The average molecular weight is 318 g/mol. The zero-order chi connectivity index (χ0) is 16.1. The molecule has 2 rings (SSSR count). The van der Waals surface area contributed by atoms with E-state index in [9.17, 15) is 14.4 Å². The second kappa shape index (κ2) is 6.86. The highest BCUT2D eigenvalue weighted by Gasteiger charge is 2.20. The number of hydrogen-bond acceptors (Lipinski definition) is 4. The minimum absolute atomic E-state index is 0.185. The van der Waals surface area contributed by atoms with Crippen molar-refractivity contribution < 1.29 is 19.5 Å². The van der Waals surface area contributed by atoms with Crippen molar-refractivity contribution in [3.8, 4) is 0 Å². The van der Waals surface area contributed by atoms with Gasteiger partial charge in [-0.05, 0) is 29.1 Å². The number of benzene rings is 1. The van der Waals surface area contributed by atoms with Crippen molar-refractivity contribution in [2.45, 2.75) is 6.42 Å². The molecule has 0 fully saturated rings. The van der Waals surface area contributed by atoms with Gasteiger partial charge in [0.05, 0.1) is 6.42 Å². The fourth-order valence-electron chi connectivity index (χ4n) is 1.80. The summed E-state index contributed by atoms with van der Waals surface area (Å²) in [7, 11) is 1.37. The van der Waals surface area contributed by atoms with Crippen LogP contribution in [0.25, 0.3) is 0 Å². The minimum Gasteiger partial charge on any atom is -0.481 e. The van der Waals surface area contributed by atoms with E-state index in [1.807, 2.05) is 0 Å². The Hall–Kier alpha value is -2.67. The molecule has 0 atom stereocenters. The molecule has 0 saturated carbocycles. The zero-order valence-electron chi connectivity index (χ0n) is 11.8. The molecular weight excluding hydrogens is 304 g/mol. The first-order chi connectivity index (χ1) is 10.5. The summed E-state index contributed by atoms with van der Waals surface area (Å²) >= 11 is 1.21. The van der Waals surface area contributed by atoms with Crippen LogP contribution in [-0.2, 0) is 11.2 Å². The lowest BCUT2D eigenvalue weighted by Gasteiger charge is -2.16. The number of rotatable bonds is 4. The molecule has 114 valence electrons. The molecule has 7 heteroatoms. The molecular formula is C15H14N2O4S. The third-order valence-electron chi connectivity index (χ3n) is 2.94. The molecule has 0 aliphatic heterocycles. The van der Waals surface area contributed by atoms with Crippen molar-refractivity contribution in [2.75, 3.05) is 12.4 Å². The fraction of sp³-hybridized carbons (Fsp3) is 0.133. The lowest BCUT2D eigenvalue weighted by molar-refractivity contribution is -0.136. The van der Waals surface area contributed by atoms with E-state index in [0.29, 0.717) is 16.1 Å². The number of anilines is 1. The highest BCUT2D eigenvalue weighted by atomic mass is 32.1. The van der Waals surface area contributed by atoms with Crippen LogP contribution in [0.4, 0.5) is 9.80 Å². The second-order valence-corrected chi connectivity index (χ2v) is 5.42. The molecule has 0 saturated heterocycles. The van der Waals surface area contributed by atoms with Gasteiger partial charge in [-0.2, -0.15) is 0 Å². The first-order valence-corrected chi connectivity index (χ1v) is 7.29. The van der Waals surface area contributed by atoms with E-state index in [1.54, 1.807) is 41.8 Å². The number of carboxylic acids is 1. The van der Waals surface area contributed by atoms with Crippen LogP contribution in [0.1, 0.15) is 15.9 Å². The summed E-state index contributed by atoms with van der Waals surface area (Å²) in [6.07, 6.45) is -0.185. The third kappa shape index (κ3) is 3.70. The smallest absolute Gasteiger partial charge is 0.329 e. The quantitative estimate of drug-likeness (QED) is 0.907. The van der Waals surface area contributed by atoms with E-state index in [0.717, 1.165) is 4.90 Å². The SMILES string of the molecule is CN(C(=O)Nc1sccc1CC(=O)O)C(=O)c1ccccc1. The number of nitrogens with one attached hydrogen (secondary N) is 1. The third-order valence-corrected chi connectivity index (χ3v) is 3.81. The number of imide groups is 1. The number of aliphatic carboxylic acids is 1. The van der Waals surface area contributed by atoms with Crippen LogP contribution in [0.5, 0.6) is 0 Å². The Morgan fingerprint density at radius 1 is 1.18 bits per heavy atom. The maximum absolute atomic E-state index is 12.2. The van der Waals surface area contributed by atoms with Crippen LogP contribution >= 0.6 is 11.3 Å². The van der Waals surface area contributed by atoms with E-state index >= 15 is 0 Å². The molecule has 1 aromatic heterocycles. The van der Waals surface area contributed by atoms with Gasteiger partial charge in [-0.1, -0.05) is 18.2 Å². The predicted molar refractivity (Wildman–Crippen MR) is 83.2 cm³/mol. The van der Waals surface area contributed by atoms with E-state index in [4.69, 9.17) is 5.11 Å². The summed E-state index contributed by atoms with van der Waals surface area (Å²) in [4.78, 5) is 36.0. The summed E-state index contributed by atoms with van der Waals surface area (Å²) in [5.41, 5.74) is 0.906. The molecule has 2 N–H and O–H groups in total. The van der Waals surface area contributed by atoms with Gasteiger partial charge < -0.3 is 5.11 Å². The molecule has 1 heterocycles. The molecule has 0 aliphatic rings. The van der Waals surface area contributed by atoms with Crippen LogP contribution < -0.4 is 5.32 Å². The van der Waals surface area contributed by atoms with Crippen LogP contribution in [0.3, 0.4) is 0 Å². The van der Waals surface area contributed by atoms with E-state index in [-0.39, 0.29) is 6.42 Å². The Morgan fingerprint density at radius 3 is 2.50 bits per heavy atom. The number of nitrogens with zero attached hydrogens (tertiary/aromatic N) is 1. The molecule has 0 spiro atoms. The molecule has 2 aromatic rings. The lowest BCUT2D eigenvalue weighted by Crippen LogP contribution is -2.36. The number of urea groups is 1. The Balaban J connectivity index is 2.07. The number of carbonyl (C=O) groups excluding carboxylic acids is 2. The number of carbonyl (C=O) groups is 3. The van der Waals surface area contributed by atoms with E-state index in [1.165, 1.54) is 18.4 Å². The number of carboxylic acid groups (broad SMARTS) is 1. The standard InChI is InChI=1S/C15H14N2O4S/c1-17(14(20)10-5-3-2-4-6-10)15(21)16-13-11(7-8-22-13)9-12(18)19/h2-8H,9H2,1H3,(H,16,21)(H,18,19). The largest absolute Gasteiger partial charge is 0.481 e. The molecule has 22 heavy (non-hydrogen) atoms. The molecule has 6 nitrogen and oxygen atoms in total. The molecule has 0 radical (unpaired) electrons. The van der Waals surface area contributed by atoms with Crippen LogP contribution in [0, 0.1) is 0 Å². The van der Waals surface area contributed by atoms with Crippen molar-refractivity contribution >= 4 is 34.2 Å². The lowest BCUT2D eigenvalue weighted by atomic mass is 10.2. The molecule has 3 amide bonds. The summed E-state index contributed by atoms with van der Waals surface area (Å²) in [6, 6.07) is 9.46. The summed E-state index contributed by atoms with van der Waals surface area (Å²) in [5, 5.41) is 13.5. The van der Waals surface area contributed by atoms with Crippen molar-refractivity contribution in [1.82, 2.24) is 4.90 Å². The fourth-order valence-corrected chi connectivity index (χ4v) is 2.60. The monoisotopic (exact) mass is 318 g/mol. The minimum atomic E-state index is -0.984. The molecule has 0 unspecified atom stereocenters. The van der Waals surface area contributed by atoms with Crippen molar-refractivity contribution in [1.29, 1.82) is 0 Å². The predicted octanol–water partition coefficient (Wildman–Crippen LogP) is 2.68.